The summed E-state index contributed by atoms with van der Waals surface area (Å²) >= 11 is 6.47. The number of hydrogen-bond acceptors (Lipinski definition) is 2. The summed E-state index contributed by atoms with van der Waals surface area (Å²) in [5.74, 6) is 0. The highest BCUT2D eigenvalue weighted by molar-refractivity contribution is 8.33. The van der Waals surface area contributed by atoms with Crippen molar-refractivity contribution in [2.24, 2.45) is 0 Å². The van der Waals surface area contributed by atoms with Gasteiger partial charge in [-0.1, -0.05) is 53.1 Å². The molecular formula is C17H25Cl2NO2S2. The van der Waals surface area contributed by atoms with Crippen LogP contribution >= 0.6 is 32.5 Å². The number of hydrogen-bond donors (Lipinski definition) is 0. The molecule has 1 aromatic carbocycles. The number of aromatic nitrogens is 1. The molecule has 7 heteroatoms. The maximum absolute atomic E-state index is 11.8. The third kappa shape index (κ3) is 3.09. The van der Waals surface area contributed by atoms with Crippen molar-refractivity contribution in [2.45, 2.75) is 62.2 Å². The molecule has 0 amide bonds. The first kappa shape index (κ1) is 20.0. The molecule has 3 nitrogen and oxygen atoms in total. The molecule has 0 unspecified atom stereocenters. The van der Waals surface area contributed by atoms with E-state index < -0.39 is 19.3 Å². The molecule has 2 rings (SSSR count). The summed E-state index contributed by atoms with van der Waals surface area (Å²) in [6.07, 6.45) is 1.96. The number of nitrogens with zero attached hydrogens (tertiary/aromatic N) is 1. The van der Waals surface area contributed by atoms with Crippen LogP contribution in [-0.4, -0.2) is 28.1 Å². The second-order valence-electron chi connectivity index (χ2n) is 6.79. The summed E-state index contributed by atoms with van der Waals surface area (Å²) in [6, 6.07) is 4.91. The Hall–Kier alpha value is -0.360. The Kier molecular flexibility index (Phi) is 5.61. The smallest absolute Gasteiger partial charge is 0.261 e. The molecule has 0 saturated heterocycles. The fourth-order valence-corrected chi connectivity index (χ4v) is 10.4. The van der Waals surface area contributed by atoms with Crippen LogP contribution < -0.4 is 0 Å². The van der Waals surface area contributed by atoms with Crippen molar-refractivity contribution in [3.63, 3.8) is 0 Å². The monoisotopic (exact) mass is 409 g/mol. The van der Waals surface area contributed by atoms with Gasteiger partial charge in [0.1, 0.15) is 0 Å². The van der Waals surface area contributed by atoms with Gasteiger partial charge < -0.3 is 3.97 Å². The van der Waals surface area contributed by atoms with E-state index in [-0.39, 0.29) is 4.90 Å². The van der Waals surface area contributed by atoms with E-state index in [1.807, 2.05) is 6.20 Å². The van der Waals surface area contributed by atoms with E-state index in [0.717, 1.165) is 10.9 Å². The number of fused-ring (bicyclic) bond motifs is 1. The van der Waals surface area contributed by atoms with E-state index >= 15 is 0 Å². The number of rotatable bonds is 5. The van der Waals surface area contributed by atoms with Gasteiger partial charge in [-0.05, 0) is 18.2 Å². The Bertz CT molecular complexity index is 833. The van der Waals surface area contributed by atoms with Crippen LogP contribution in [0.3, 0.4) is 0 Å². The van der Waals surface area contributed by atoms with Crippen molar-refractivity contribution in [1.82, 2.24) is 3.97 Å². The minimum Gasteiger partial charge on any atom is -0.307 e. The summed E-state index contributed by atoms with van der Waals surface area (Å²) in [5.41, 5.74) is 0.841. The minimum atomic E-state index is -3.78. The molecule has 0 aliphatic carbocycles. The van der Waals surface area contributed by atoms with Gasteiger partial charge in [0.2, 0.25) is 0 Å². The standard InChI is InChI=1S/C17H25Cl2NO2S2/c1-11(2)23(12(3)4,13(5)6)20-10-16(18)15-8-7-14(9-17(15)20)24(19,21)22/h7-13H,1-6H3. The summed E-state index contributed by atoms with van der Waals surface area (Å²) in [5, 5.41) is 2.75. The van der Waals surface area contributed by atoms with Crippen LogP contribution in [0.4, 0.5) is 0 Å². The van der Waals surface area contributed by atoms with Crippen LogP contribution in [0.15, 0.2) is 29.3 Å². The molecule has 0 atom stereocenters. The maximum atomic E-state index is 11.8. The number of halogens is 2. The fourth-order valence-electron chi connectivity index (χ4n) is 3.87. The topological polar surface area (TPSA) is 39.1 Å². The van der Waals surface area contributed by atoms with Crippen molar-refractivity contribution in [1.29, 1.82) is 0 Å². The summed E-state index contributed by atoms with van der Waals surface area (Å²) in [7, 11) is 0.475. The summed E-state index contributed by atoms with van der Waals surface area (Å²) in [6.45, 7) is 13.4. The lowest BCUT2D eigenvalue weighted by molar-refractivity contribution is 0.609. The van der Waals surface area contributed by atoms with Gasteiger partial charge in [-0.25, -0.2) is 8.42 Å². The molecule has 1 aromatic heterocycles. The Morgan fingerprint density at radius 3 is 1.88 bits per heavy atom. The van der Waals surface area contributed by atoms with Crippen molar-refractivity contribution in [2.75, 3.05) is 0 Å². The van der Waals surface area contributed by atoms with E-state index in [2.05, 4.69) is 45.5 Å². The molecule has 0 fully saturated rings. The van der Waals surface area contributed by atoms with Crippen LogP contribution in [0.1, 0.15) is 41.5 Å². The van der Waals surface area contributed by atoms with E-state index in [9.17, 15) is 8.42 Å². The molecule has 0 saturated carbocycles. The fraction of sp³-hybridized carbons (Fsp3) is 0.529. The minimum absolute atomic E-state index is 0.109. The predicted molar refractivity (Wildman–Crippen MR) is 108 cm³/mol. The van der Waals surface area contributed by atoms with E-state index in [1.165, 1.54) is 6.07 Å². The van der Waals surface area contributed by atoms with Crippen molar-refractivity contribution in [3.8, 4) is 0 Å². The van der Waals surface area contributed by atoms with Crippen LogP contribution in [0, 0.1) is 0 Å². The molecule has 0 aliphatic rings. The van der Waals surface area contributed by atoms with E-state index in [1.54, 1.807) is 12.1 Å². The second-order valence-corrected chi connectivity index (χ2v) is 14.4. The first-order chi connectivity index (χ1) is 10.9. The average molecular weight is 410 g/mol. The van der Waals surface area contributed by atoms with Crippen LogP contribution in [0.25, 0.3) is 10.9 Å². The van der Waals surface area contributed by atoms with Crippen molar-refractivity contribution >= 4 is 52.5 Å². The van der Waals surface area contributed by atoms with Gasteiger partial charge in [0, 0.05) is 38.0 Å². The molecule has 24 heavy (non-hydrogen) atoms. The maximum Gasteiger partial charge on any atom is 0.261 e. The SMILES string of the molecule is CC(C)S(C(C)C)(C(C)C)n1cc(Cl)c2ccc(S(=O)(=O)Cl)cc21. The average Bonchev–Trinajstić information content (AvgIpc) is 2.74. The lowest BCUT2D eigenvalue weighted by Crippen LogP contribution is -2.33. The van der Waals surface area contributed by atoms with Gasteiger partial charge >= 0.3 is 0 Å². The zero-order valence-corrected chi connectivity index (χ0v) is 18.0. The lowest BCUT2D eigenvalue weighted by Gasteiger charge is -2.52. The Labute approximate surface area is 156 Å². The van der Waals surface area contributed by atoms with Crippen molar-refractivity contribution in [3.05, 3.63) is 29.4 Å². The first-order valence-corrected chi connectivity index (χ1v) is 12.5. The molecule has 136 valence electrons. The predicted octanol–water partition coefficient (Wildman–Crippen LogP) is 6.02. The molecule has 0 bridgehead atoms. The second kappa shape index (κ2) is 6.75. The highest BCUT2D eigenvalue weighted by Crippen LogP contribution is 2.63. The third-order valence-corrected chi connectivity index (χ3v) is 11.7. The van der Waals surface area contributed by atoms with Crippen LogP contribution in [0.2, 0.25) is 5.02 Å². The highest BCUT2D eigenvalue weighted by atomic mass is 35.7. The molecule has 1 heterocycles. The normalized spacial score (nSPS) is 14.3. The largest absolute Gasteiger partial charge is 0.307 e. The van der Waals surface area contributed by atoms with Gasteiger partial charge in [0.05, 0.1) is 15.4 Å². The third-order valence-electron chi connectivity index (χ3n) is 4.58. The molecule has 0 aliphatic heterocycles. The van der Waals surface area contributed by atoms with Crippen molar-refractivity contribution < 1.29 is 8.42 Å². The Balaban J connectivity index is 2.93. The lowest BCUT2D eigenvalue weighted by atomic mass is 10.2. The van der Waals surface area contributed by atoms with Gasteiger partial charge in [-0.15, -0.1) is 0 Å². The summed E-state index contributed by atoms with van der Waals surface area (Å²) < 4.78 is 25.8. The summed E-state index contributed by atoms with van der Waals surface area (Å²) in [4.78, 5) is 0.109. The Morgan fingerprint density at radius 2 is 1.46 bits per heavy atom. The van der Waals surface area contributed by atoms with Gasteiger partial charge in [0.25, 0.3) is 9.05 Å². The van der Waals surface area contributed by atoms with Gasteiger partial charge in [0.15, 0.2) is 0 Å². The van der Waals surface area contributed by atoms with E-state index in [0.29, 0.717) is 20.8 Å². The number of benzene rings is 1. The van der Waals surface area contributed by atoms with Crippen LogP contribution in [-0.2, 0) is 9.05 Å². The molecule has 0 N–H and O–H groups in total. The zero-order valence-electron chi connectivity index (χ0n) is 14.9. The first-order valence-electron chi connectivity index (χ1n) is 7.99. The molecule has 0 radical (unpaired) electrons. The quantitative estimate of drug-likeness (QED) is 0.566. The Morgan fingerprint density at radius 1 is 0.958 bits per heavy atom. The zero-order chi connectivity index (χ0) is 18.4. The molecular weight excluding hydrogens is 385 g/mol. The van der Waals surface area contributed by atoms with Gasteiger partial charge in [-0.2, -0.15) is 10.2 Å². The van der Waals surface area contributed by atoms with Crippen LogP contribution in [0.5, 0.6) is 0 Å². The molecule has 0 spiro atoms. The molecule has 2 aromatic rings. The van der Waals surface area contributed by atoms with E-state index in [4.69, 9.17) is 22.3 Å². The highest BCUT2D eigenvalue weighted by Gasteiger charge is 2.37. The van der Waals surface area contributed by atoms with Gasteiger partial charge in [-0.3, -0.25) is 0 Å².